The molecule has 1 aromatic heterocycles. The summed E-state index contributed by atoms with van der Waals surface area (Å²) in [5, 5.41) is 6.95. The van der Waals surface area contributed by atoms with E-state index in [-0.39, 0.29) is 33.8 Å². The number of halogens is 1. The van der Waals surface area contributed by atoms with E-state index in [2.05, 4.69) is 15.6 Å². The van der Waals surface area contributed by atoms with Crippen molar-refractivity contribution in [3.63, 3.8) is 0 Å². The summed E-state index contributed by atoms with van der Waals surface area (Å²) in [7, 11) is 1.41. The van der Waals surface area contributed by atoms with Gasteiger partial charge in [0.1, 0.15) is 17.2 Å². The van der Waals surface area contributed by atoms with Gasteiger partial charge in [0, 0.05) is 23.7 Å². The molecule has 0 atom stereocenters. The maximum absolute atomic E-state index is 12.5. The quantitative estimate of drug-likeness (QED) is 0.363. The molecule has 0 saturated heterocycles. The molecule has 1 aliphatic rings. The number of methoxy groups -OCH3 is 1. The number of fused-ring (bicyclic) bond motifs is 1. The van der Waals surface area contributed by atoms with Crippen molar-refractivity contribution in [2.24, 2.45) is 16.3 Å². The summed E-state index contributed by atoms with van der Waals surface area (Å²) in [5.41, 5.74) is 6.03. The molecule has 2 N–H and O–H groups in total. The molecule has 3 amide bonds. The molecule has 3 aromatic rings. The molecule has 1 saturated carbocycles. The van der Waals surface area contributed by atoms with Gasteiger partial charge in [0.25, 0.3) is 5.91 Å². The van der Waals surface area contributed by atoms with Crippen molar-refractivity contribution in [2.45, 2.75) is 18.9 Å². The number of carbonyl (C=O) groups is 2. The largest absolute Gasteiger partial charge is 0.496 e. The van der Waals surface area contributed by atoms with Crippen LogP contribution in [0.3, 0.4) is 0 Å². The second-order valence-electron chi connectivity index (χ2n) is 7.29. The van der Waals surface area contributed by atoms with Gasteiger partial charge in [-0.2, -0.15) is 5.01 Å². The average Bonchev–Trinajstić information content (AvgIpc) is 3.66. The van der Waals surface area contributed by atoms with Crippen LogP contribution in [0.1, 0.15) is 23.2 Å². The van der Waals surface area contributed by atoms with E-state index < -0.39 is 11.9 Å². The first-order valence-electron chi connectivity index (χ1n) is 9.91. The number of amides is 3. The molecule has 1 fully saturated rings. The molecule has 0 bridgehead atoms. The van der Waals surface area contributed by atoms with Crippen molar-refractivity contribution in [2.75, 3.05) is 12.1 Å². The lowest BCUT2D eigenvalue weighted by molar-refractivity contribution is 0.0997. The van der Waals surface area contributed by atoms with Gasteiger partial charge in [-0.1, -0.05) is 11.6 Å². The number of nitrogens with two attached hydrogens (primary N) is 1. The lowest BCUT2D eigenvalue weighted by Gasteiger charge is -2.20. The predicted octanol–water partition coefficient (Wildman–Crippen LogP) is 4.54. The predicted molar refractivity (Wildman–Crippen MR) is 123 cm³/mol. The summed E-state index contributed by atoms with van der Waals surface area (Å²) in [6, 6.07) is 7.43. The van der Waals surface area contributed by atoms with E-state index in [1.807, 2.05) is 0 Å². The molecule has 0 aliphatic heterocycles. The number of nitrogens with zero attached hydrogens (tertiary/aromatic N) is 5. The zero-order chi connectivity index (χ0) is 24.4. The summed E-state index contributed by atoms with van der Waals surface area (Å²) in [5.74, 6) is 0.180. The second kappa shape index (κ2) is 9.27. The Morgan fingerprint density at radius 1 is 1.12 bits per heavy atom. The highest BCUT2D eigenvalue weighted by Crippen LogP contribution is 2.37. The molecule has 1 aliphatic carbocycles. The lowest BCUT2D eigenvalue weighted by atomic mass is 10.1. The van der Waals surface area contributed by atoms with Crippen LogP contribution < -0.4 is 20.2 Å². The van der Waals surface area contributed by atoms with Gasteiger partial charge in [-0.15, -0.1) is 14.8 Å². The molecule has 13 heteroatoms. The molecule has 4 rings (SSSR count). The van der Waals surface area contributed by atoms with Crippen molar-refractivity contribution in [3.05, 3.63) is 63.0 Å². The molecule has 174 valence electrons. The fourth-order valence-corrected chi connectivity index (χ4v) is 3.56. The first kappa shape index (κ1) is 22.9. The Bertz CT molecular complexity index is 1310. The molecule has 1 heterocycles. The summed E-state index contributed by atoms with van der Waals surface area (Å²) in [6.45, 7) is 0. The number of nitroso groups, excluding NO2 is 2. The third-order valence-electron chi connectivity index (χ3n) is 5.10. The van der Waals surface area contributed by atoms with Gasteiger partial charge in [0.2, 0.25) is 0 Å². The molecule has 34 heavy (non-hydrogen) atoms. The van der Waals surface area contributed by atoms with Gasteiger partial charge in [-0.25, -0.2) is 4.79 Å². The molecule has 2 aromatic carbocycles. The third-order valence-corrected chi connectivity index (χ3v) is 5.41. The summed E-state index contributed by atoms with van der Waals surface area (Å²) < 4.78 is 11.1. The highest BCUT2D eigenvalue weighted by atomic mass is 35.5. The van der Waals surface area contributed by atoms with Gasteiger partial charge < -0.3 is 15.2 Å². The number of ether oxygens (including phenoxy) is 2. The zero-order valence-corrected chi connectivity index (χ0v) is 18.4. The Hall–Kier alpha value is -4.32. The van der Waals surface area contributed by atoms with Crippen LogP contribution in [0.15, 0.2) is 53.2 Å². The standard InChI is InChI=1S/C21H17ClN6O6/c1-33-19-10-16-13(9-14(19)20(23)29)18(6-7-24-16)34-12-4-5-17(15(22)8-12)28(26-32)21(30)27(25-31)11-2-3-11/h4-11H,2-3H2,1H3,(H2,23,29). The van der Waals surface area contributed by atoms with E-state index in [9.17, 15) is 19.4 Å². The van der Waals surface area contributed by atoms with Crippen LogP contribution in [0.2, 0.25) is 5.02 Å². The van der Waals surface area contributed by atoms with Gasteiger partial charge in [-0.05, 0) is 37.1 Å². The first-order chi connectivity index (χ1) is 16.4. The molecule has 12 nitrogen and oxygen atoms in total. The zero-order valence-electron chi connectivity index (χ0n) is 17.7. The molecule has 0 radical (unpaired) electrons. The number of anilines is 1. The van der Waals surface area contributed by atoms with Crippen molar-refractivity contribution >= 4 is 40.1 Å². The fourth-order valence-electron chi connectivity index (χ4n) is 3.30. The minimum Gasteiger partial charge on any atom is -0.496 e. The maximum atomic E-state index is 12.5. The number of hydrogen-bond acceptors (Lipinski definition) is 9. The Balaban J connectivity index is 1.65. The molecular weight excluding hydrogens is 468 g/mol. The Kier molecular flexibility index (Phi) is 6.23. The van der Waals surface area contributed by atoms with Gasteiger partial charge in [-0.3, -0.25) is 9.78 Å². The Labute approximate surface area is 197 Å². The highest BCUT2D eigenvalue weighted by molar-refractivity contribution is 6.34. The van der Waals surface area contributed by atoms with E-state index in [0.717, 1.165) is 0 Å². The normalized spacial score (nSPS) is 12.6. The number of carbonyl (C=O) groups excluding carboxylic acids is 2. The summed E-state index contributed by atoms with van der Waals surface area (Å²) in [6.07, 6.45) is 2.72. The molecule has 0 spiro atoms. The lowest BCUT2D eigenvalue weighted by Crippen LogP contribution is -2.38. The minimum atomic E-state index is -1.00. The molecule has 0 unspecified atom stereocenters. The van der Waals surface area contributed by atoms with Crippen LogP contribution in [0.25, 0.3) is 10.9 Å². The molecular formula is C21H17ClN6O6. The smallest absolute Gasteiger partial charge is 0.371 e. The monoisotopic (exact) mass is 484 g/mol. The third kappa shape index (κ3) is 4.30. The van der Waals surface area contributed by atoms with Crippen LogP contribution in [-0.2, 0) is 0 Å². The topological polar surface area (TPSA) is 157 Å². The van der Waals surface area contributed by atoms with E-state index in [1.54, 1.807) is 12.1 Å². The van der Waals surface area contributed by atoms with Crippen LogP contribution >= 0.6 is 11.6 Å². The van der Waals surface area contributed by atoms with Crippen molar-refractivity contribution in [1.29, 1.82) is 0 Å². The SMILES string of the molecule is COc1cc2nccc(Oc3ccc(N(N=O)C(=O)N(N=O)C4CC4)c(Cl)c3)c2cc1C(N)=O. The van der Waals surface area contributed by atoms with Crippen LogP contribution in [0, 0.1) is 9.81 Å². The number of rotatable bonds is 8. The van der Waals surface area contributed by atoms with Crippen molar-refractivity contribution < 1.29 is 19.1 Å². The number of urea groups is 1. The number of primary amides is 1. The van der Waals surface area contributed by atoms with Crippen molar-refractivity contribution in [1.82, 2.24) is 9.99 Å². The van der Waals surface area contributed by atoms with Gasteiger partial charge >= 0.3 is 6.03 Å². The Morgan fingerprint density at radius 3 is 2.47 bits per heavy atom. The van der Waals surface area contributed by atoms with E-state index in [0.29, 0.717) is 39.5 Å². The summed E-state index contributed by atoms with van der Waals surface area (Å²) >= 11 is 6.29. The Morgan fingerprint density at radius 2 is 1.88 bits per heavy atom. The number of pyridine rings is 1. The van der Waals surface area contributed by atoms with Crippen molar-refractivity contribution in [3.8, 4) is 17.2 Å². The van der Waals surface area contributed by atoms with Gasteiger partial charge in [0.15, 0.2) is 0 Å². The maximum Gasteiger partial charge on any atom is 0.371 e. The van der Waals surface area contributed by atoms with Crippen LogP contribution in [0.5, 0.6) is 17.2 Å². The van der Waals surface area contributed by atoms with E-state index in [4.69, 9.17) is 26.8 Å². The van der Waals surface area contributed by atoms with E-state index in [1.165, 1.54) is 37.6 Å². The van der Waals surface area contributed by atoms with Crippen LogP contribution in [0.4, 0.5) is 10.5 Å². The highest BCUT2D eigenvalue weighted by Gasteiger charge is 2.38. The van der Waals surface area contributed by atoms with E-state index >= 15 is 0 Å². The first-order valence-corrected chi connectivity index (χ1v) is 10.3. The number of hydrogen-bond donors (Lipinski definition) is 1. The van der Waals surface area contributed by atoms with Gasteiger partial charge in [0.05, 0.1) is 45.5 Å². The second-order valence-corrected chi connectivity index (χ2v) is 7.70. The minimum absolute atomic E-state index is 0.0371. The summed E-state index contributed by atoms with van der Waals surface area (Å²) in [4.78, 5) is 51.0. The average molecular weight is 485 g/mol. The number of aromatic nitrogens is 1. The fraction of sp³-hybridized carbons (Fsp3) is 0.190. The van der Waals surface area contributed by atoms with Crippen LogP contribution in [-0.4, -0.2) is 35.1 Å². The number of benzene rings is 2.